The summed E-state index contributed by atoms with van der Waals surface area (Å²) in [6, 6.07) is 8.66. The first-order valence-electron chi connectivity index (χ1n) is 7.76. The van der Waals surface area contributed by atoms with Crippen molar-refractivity contribution in [3.05, 3.63) is 35.4 Å². The van der Waals surface area contributed by atoms with Crippen molar-refractivity contribution in [1.82, 2.24) is 10.2 Å². The minimum atomic E-state index is -1.02. The standard InChI is InChI=1S/C17H24N2O3/c1-12-5-7-14(8-6-12)17-13(2)4-3-9-19(17)11-15(20)18-10-16(21)22/h5-8,13,17H,3-4,9-11H2,1-2H3,(H,18,20)(H,21,22)/t13-,17-/m1/s1. The number of hydrogen-bond acceptors (Lipinski definition) is 3. The highest BCUT2D eigenvalue weighted by atomic mass is 16.4. The van der Waals surface area contributed by atoms with Crippen LogP contribution in [0.25, 0.3) is 0 Å². The van der Waals surface area contributed by atoms with Crippen LogP contribution in [0.15, 0.2) is 24.3 Å². The Bertz CT molecular complexity index is 527. The van der Waals surface area contributed by atoms with E-state index in [4.69, 9.17) is 5.11 Å². The summed E-state index contributed by atoms with van der Waals surface area (Å²) >= 11 is 0. The molecule has 0 aromatic heterocycles. The Morgan fingerprint density at radius 1 is 1.32 bits per heavy atom. The van der Waals surface area contributed by atoms with Gasteiger partial charge in [0.15, 0.2) is 0 Å². The lowest BCUT2D eigenvalue weighted by Gasteiger charge is -2.40. The van der Waals surface area contributed by atoms with Crippen LogP contribution in [0.1, 0.15) is 36.9 Å². The third-order valence-corrected chi connectivity index (χ3v) is 4.24. The molecular formula is C17H24N2O3. The van der Waals surface area contributed by atoms with Crippen molar-refractivity contribution in [1.29, 1.82) is 0 Å². The summed E-state index contributed by atoms with van der Waals surface area (Å²) in [7, 11) is 0. The molecule has 2 rings (SSSR count). The van der Waals surface area contributed by atoms with Crippen LogP contribution in [0.3, 0.4) is 0 Å². The van der Waals surface area contributed by atoms with Gasteiger partial charge in [-0.2, -0.15) is 0 Å². The molecule has 1 aromatic rings. The Kier molecular flexibility index (Phi) is 5.55. The van der Waals surface area contributed by atoms with Gasteiger partial charge in [-0.3, -0.25) is 14.5 Å². The molecule has 0 bridgehead atoms. The first-order valence-corrected chi connectivity index (χ1v) is 7.76. The molecule has 0 unspecified atom stereocenters. The van der Waals surface area contributed by atoms with Gasteiger partial charge in [0.05, 0.1) is 6.54 Å². The van der Waals surface area contributed by atoms with Gasteiger partial charge in [0, 0.05) is 6.04 Å². The first kappa shape index (κ1) is 16.5. The van der Waals surface area contributed by atoms with Crippen LogP contribution in [0.5, 0.6) is 0 Å². The summed E-state index contributed by atoms with van der Waals surface area (Å²) < 4.78 is 0. The van der Waals surface area contributed by atoms with Crippen LogP contribution >= 0.6 is 0 Å². The van der Waals surface area contributed by atoms with E-state index in [1.165, 1.54) is 11.1 Å². The van der Waals surface area contributed by atoms with E-state index in [2.05, 4.69) is 48.3 Å². The fraction of sp³-hybridized carbons (Fsp3) is 0.529. The third-order valence-electron chi connectivity index (χ3n) is 4.24. The van der Waals surface area contributed by atoms with Crippen molar-refractivity contribution in [3.63, 3.8) is 0 Å². The van der Waals surface area contributed by atoms with E-state index in [0.717, 1.165) is 19.4 Å². The molecule has 22 heavy (non-hydrogen) atoms. The summed E-state index contributed by atoms with van der Waals surface area (Å²) in [5, 5.41) is 11.1. The van der Waals surface area contributed by atoms with Gasteiger partial charge in [-0.25, -0.2) is 0 Å². The van der Waals surface area contributed by atoms with Crippen molar-refractivity contribution >= 4 is 11.9 Å². The van der Waals surface area contributed by atoms with E-state index < -0.39 is 5.97 Å². The summed E-state index contributed by atoms with van der Waals surface area (Å²) in [6.07, 6.45) is 2.21. The Balaban J connectivity index is 2.08. The highest BCUT2D eigenvalue weighted by molar-refractivity contribution is 5.82. The number of amides is 1. The Labute approximate surface area is 131 Å². The monoisotopic (exact) mass is 304 g/mol. The number of benzene rings is 1. The van der Waals surface area contributed by atoms with Crippen molar-refractivity contribution in [3.8, 4) is 0 Å². The minimum absolute atomic E-state index is 0.213. The second-order valence-corrected chi connectivity index (χ2v) is 6.12. The number of nitrogens with one attached hydrogen (secondary N) is 1. The minimum Gasteiger partial charge on any atom is -0.480 e. The fourth-order valence-electron chi connectivity index (χ4n) is 3.17. The normalized spacial score (nSPS) is 22.3. The maximum atomic E-state index is 11.9. The molecule has 0 saturated carbocycles. The molecule has 2 atom stereocenters. The van der Waals surface area contributed by atoms with E-state index >= 15 is 0 Å². The van der Waals surface area contributed by atoms with Gasteiger partial charge < -0.3 is 10.4 Å². The SMILES string of the molecule is Cc1ccc([C@H]2[C@H](C)CCCN2CC(=O)NCC(=O)O)cc1. The summed E-state index contributed by atoms with van der Waals surface area (Å²) in [5.41, 5.74) is 2.45. The first-order chi connectivity index (χ1) is 10.5. The van der Waals surface area contributed by atoms with Crippen molar-refractivity contribution in [2.45, 2.75) is 32.7 Å². The topological polar surface area (TPSA) is 69.6 Å². The molecule has 1 aromatic carbocycles. The number of likely N-dealkylation sites (tertiary alicyclic amines) is 1. The second kappa shape index (κ2) is 7.40. The molecule has 1 amide bonds. The lowest BCUT2D eigenvalue weighted by atomic mass is 9.85. The number of aryl methyl sites for hydroxylation is 1. The van der Waals surface area contributed by atoms with Crippen LogP contribution in [0.4, 0.5) is 0 Å². The molecule has 120 valence electrons. The van der Waals surface area contributed by atoms with Gasteiger partial charge >= 0.3 is 5.97 Å². The van der Waals surface area contributed by atoms with Crippen molar-refractivity contribution in [2.75, 3.05) is 19.6 Å². The highest BCUT2D eigenvalue weighted by Gasteiger charge is 2.30. The van der Waals surface area contributed by atoms with Gasteiger partial charge in [-0.1, -0.05) is 36.8 Å². The molecule has 0 radical (unpaired) electrons. The quantitative estimate of drug-likeness (QED) is 0.872. The zero-order valence-corrected chi connectivity index (χ0v) is 13.2. The van der Waals surface area contributed by atoms with E-state index in [9.17, 15) is 9.59 Å². The predicted molar refractivity (Wildman–Crippen MR) is 84.5 cm³/mol. The Morgan fingerprint density at radius 2 is 2.00 bits per heavy atom. The molecule has 1 heterocycles. The molecule has 1 aliphatic rings. The van der Waals surface area contributed by atoms with Crippen LogP contribution in [-0.2, 0) is 9.59 Å². The van der Waals surface area contributed by atoms with Crippen LogP contribution < -0.4 is 5.32 Å². The summed E-state index contributed by atoms with van der Waals surface area (Å²) in [4.78, 5) is 24.6. The number of nitrogens with zero attached hydrogens (tertiary/aromatic N) is 1. The van der Waals surface area contributed by atoms with Crippen LogP contribution in [-0.4, -0.2) is 41.5 Å². The number of carboxylic acid groups (broad SMARTS) is 1. The smallest absolute Gasteiger partial charge is 0.322 e. The molecule has 1 fully saturated rings. The van der Waals surface area contributed by atoms with Crippen molar-refractivity contribution < 1.29 is 14.7 Å². The zero-order valence-electron chi connectivity index (χ0n) is 13.2. The zero-order chi connectivity index (χ0) is 16.1. The molecule has 5 nitrogen and oxygen atoms in total. The number of rotatable bonds is 5. The Hall–Kier alpha value is -1.88. The van der Waals surface area contributed by atoms with E-state index in [1.54, 1.807) is 0 Å². The van der Waals surface area contributed by atoms with E-state index in [-0.39, 0.29) is 25.0 Å². The number of hydrogen-bond donors (Lipinski definition) is 2. The molecule has 1 aliphatic heterocycles. The molecule has 0 spiro atoms. The maximum Gasteiger partial charge on any atom is 0.322 e. The van der Waals surface area contributed by atoms with Gasteiger partial charge in [0.25, 0.3) is 0 Å². The van der Waals surface area contributed by atoms with Gasteiger partial charge in [-0.15, -0.1) is 0 Å². The van der Waals surface area contributed by atoms with Crippen LogP contribution in [0.2, 0.25) is 0 Å². The molecular weight excluding hydrogens is 280 g/mol. The number of carboxylic acids is 1. The number of aliphatic carboxylic acids is 1. The van der Waals surface area contributed by atoms with E-state index in [1.807, 2.05) is 0 Å². The van der Waals surface area contributed by atoms with Gasteiger partial charge in [0.1, 0.15) is 6.54 Å². The number of piperidine rings is 1. The van der Waals surface area contributed by atoms with Crippen LogP contribution in [0, 0.1) is 12.8 Å². The molecule has 2 N–H and O–H groups in total. The highest BCUT2D eigenvalue weighted by Crippen LogP contribution is 2.35. The summed E-state index contributed by atoms with van der Waals surface area (Å²) in [6.45, 7) is 5.06. The lowest BCUT2D eigenvalue weighted by molar-refractivity contribution is -0.138. The average Bonchev–Trinajstić information content (AvgIpc) is 2.47. The maximum absolute atomic E-state index is 11.9. The molecule has 1 saturated heterocycles. The lowest BCUT2D eigenvalue weighted by Crippen LogP contribution is -2.45. The third kappa shape index (κ3) is 4.31. The predicted octanol–water partition coefficient (Wildman–Crippen LogP) is 1.97. The molecule has 0 aliphatic carbocycles. The van der Waals surface area contributed by atoms with Gasteiger partial charge in [-0.05, 0) is 37.8 Å². The average molecular weight is 304 g/mol. The van der Waals surface area contributed by atoms with E-state index in [0.29, 0.717) is 5.92 Å². The van der Waals surface area contributed by atoms with Crippen molar-refractivity contribution in [2.24, 2.45) is 5.92 Å². The number of carbonyl (C=O) groups is 2. The second-order valence-electron chi connectivity index (χ2n) is 6.12. The molecule has 5 heteroatoms. The summed E-state index contributed by atoms with van der Waals surface area (Å²) in [5.74, 6) is -0.771. The number of carbonyl (C=O) groups excluding carboxylic acids is 1. The largest absolute Gasteiger partial charge is 0.480 e. The Morgan fingerprint density at radius 3 is 2.64 bits per heavy atom. The fourth-order valence-corrected chi connectivity index (χ4v) is 3.17. The van der Waals surface area contributed by atoms with Gasteiger partial charge in [0.2, 0.25) is 5.91 Å².